The molecule has 0 amide bonds. The number of carboxylic acids is 1. The number of carbonyl (C=O) groups is 1. The average molecular weight is 228 g/mol. The molecule has 2 N–H and O–H groups in total. The predicted molar refractivity (Wildman–Crippen MR) is 56.3 cm³/mol. The lowest BCUT2D eigenvalue weighted by molar-refractivity contribution is -0.158. The Bertz CT molecular complexity index is 373. The molecule has 1 aromatic rings. The van der Waals surface area contributed by atoms with Crippen molar-refractivity contribution >= 4 is 23.3 Å². The molecule has 1 aliphatic rings. The molecule has 1 heterocycles. The van der Waals surface area contributed by atoms with Gasteiger partial charge in [0.1, 0.15) is 0 Å². The Morgan fingerprint density at radius 2 is 2.00 bits per heavy atom. The number of nitrogens with one attached hydrogen (secondary N) is 1. The van der Waals surface area contributed by atoms with E-state index in [-0.39, 0.29) is 13.2 Å². The Morgan fingerprint density at radius 3 is 2.40 bits per heavy atom. The van der Waals surface area contributed by atoms with Crippen LogP contribution in [0.3, 0.4) is 0 Å². The summed E-state index contributed by atoms with van der Waals surface area (Å²) in [5.74, 6) is -0.899. The normalized spacial score (nSPS) is 17.9. The molecule has 5 heteroatoms. The van der Waals surface area contributed by atoms with Crippen LogP contribution in [0.1, 0.15) is 0 Å². The summed E-state index contributed by atoms with van der Waals surface area (Å²) in [7, 11) is 0. The third kappa shape index (κ3) is 1.91. The minimum absolute atomic E-state index is 0.185. The molecule has 1 aromatic carbocycles. The van der Waals surface area contributed by atoms with E-state index < -0.39 is 11.5 Å². The molecule has 0 spiro atoms. The fourth-order valence-corrected chi connectivity index (χ4v) is 1.49. The van der Waals surface area contributed by atoms with Gasteiger partial charge in [0, 0.05) is 10.7 Å². The van der Waals surface area contributed by atoms with E-state index in [2.05, 4.69) is 5.32 Å². The molecule has 1 saturated heterocycles. The summed E-state index contributed by atoms with van der Waals surface area (Å²) < 4.78 is 4.93. The van der Waals surface area contributed by atoms with E-state index in [0.717, 1.165) is 5.69 Å². The Labute approximate surface area is 91.8 Å². The van der Waals surface area contributed by atoms with Crippen LogP contribution >= 0.6 is 11.6 Å². The van der Waals surface area contributed by atoms with Crippen molar-refractivity contribution in [1.29, 1.82) is 0 Å². The van der Waals surface area contributed by atoms with Crippen LogP contribution < -0.4 is 5.32 Å². The van der Waals surface area contributed by atoms with Gasteiger partial charge in [-0.15, -0.1) is 0 Å². The number of hydrogen-bond donors (Lipinski definition) is 2. The first-order chi connectivity index (χ1) is 7.12. The van der Waals surface area contributed by atoms with E-state index in [1.54, 1.807) is 24.3 Å². The second-order valence-corrected chi connectivity index (χ2v) is 3.95. The molecule has 0 aliphatic carbocycles. The SMILES string of the molecule is O=C(O)C1(Nc2ccc(Cl)cc2)COC1. The average Bonchev–Trinajstić information content (AvgIpc) is 2.13. The van der Waals surface area contributed by atoms with Gasteiger partial charge >= 0.3 is 5.97 Å². The van der Waals surface area contributed by atoms with Crippen molar-refractivity contribution < 1.29 is 14.6 Å². The Kier molecular flexibility index (Phi) is 2.54. The number of carboxylic acid groups (broad SMARTS) is 1. The van der Waals surface area contributed by atoms with E-state index in [9.17, 15) is 4.79 Å². The molecular formula is C10H10ClNO3. The van der Waals surface area contributed by atoms with Gasteiger partial charge in [-0.05, 0) is 24.3 Å². The smallest absolute Gasteiger partial charge is 0.334 e. The highest BCUT2D eigenvalue weighted by Crippen LogP contribution is 2.24. The van der Waals surface area contributed by atoms with Crippen LogP contribution in [0.4, 0.5) is 5.69 Å². The fraction of sp³-hybridized carbons (Fsp3) is 0.300. The van der Waals surface area contributed by atoms with Gasteiger partial charge in [-0.25, -0.2) is 4.79 Å². The van der Waals surface area contributed by atoms with Gasteiger partial charge in [0.05, 0.1) is 13.2 Å². The van der Waals surface area contributed by atoms with Crippen LogP contribution in [0.5, 0.6) is 0 Å². The standard InChI is InChI=1S/C10H10ClNO3/c11-7-1-3-8(4-2-7)12-10(9(13)14)5-15-6-10/h1-4,12H,5-6H2,(H,13,14). The lowest BCUT2D eigenvalue weighted by Gasteiger charge is -2.38. The van der Waals surface area contributed by atoms with Crippen LogP contribution in [-0.4, -0.2) is 29.8 Å². The molecule has 80 valence electrons. The topological polar surface area (TPSA) is 58.6 Å². The second-order valence-electron chi connectivity index (χ2n) is 3.51. The Hall–Kier alpha value is -1.26. The first-order valence-electron chi connectivity index (χ1n) is 4.47. The van der Waals surface area contributed by atoms with Crippen molar-refractivity contribution in [3.63, 3.8) is 0 Å². The molecule has 1 aliphatic heterocycles. The molecule has 0 radical (unpaired) electrons. The molecule has 4 nitrogen and oxygen atoms in total. The quantitative estimate of drug-likeness (QED) is 0.824. The summed E-state index contributed by atoms with van der Waals surface area (Å²) in [5.41, 5.74) is -0.251. The zero-order valence-electron chi connectivity index (χ0n) is 7.87. The summed E-state index contributed by atoms with van der Waals surface area (Å²) in [5, 5.41) is 12.6. The second kappa shape index (κ2) is 3.72. The van der Waals surface area contributed by atoms with Crippen molar-refractivity contribution in [3.05, 3.63) is 29.3 Å². The van der Waals surface area contributed by atoms with Crippen LogP contribution in [0, 0.1) is 0 Å². The molecule has 0 saturated carbocycles. The molecule has 0 aromatic heterocycles. The third-order valence-electron chi connectivity index (χ3n) is 2.33. The minimum atomic E-state index is -0.978. The predicted octanol–water partition coefficient (Wildman–Crippen LogP) is 1.61. The number of anilines is 1. The largest absolute Gasteiger partial charge is 0.479 e. The molecule has 2 rings (SSSR count). The molecule has 15 heavy (non-hydrogen) atoms. The highest BCUT2D eigenvalue weighted by molar-refractivity contribution is 6.30. The maximum Gasteiger partial charge on any atom is 0.334 e. The Balaban J connectivity index is 2.13. The van der Waals surface area contributed by atoms with Crippen LogP contribution in [-0.2, 0) is 9.53 Å². The van der Waals surface area contributed by atoms with Gasteiger partial charge in [0.2, 0.25) is 0 Å². The van der Waals surface area contributed by atoms with E-state index in [1.807, 2.05) is 0 Å². The van der Waals surface area contributed by atoms with E-state index in [4.69, 9.17) is 21.4 Å². The first-order valence-corrected chi connectivity index (χ1v) is 4.85. The number of halogens is 1. The number of rotatable bonds is 3. The summed E-state index contributed by atoms with van der Waals surface area (Å²) in [6.07, 6.45) is 0. The van der Waals surface area contributed by atoms with Gasteiger partial charge in [-0.1, -0.05) is 11.6 Å². The molecule has 1 fully saturated rings. The van der Waals surface area contributed by atoms with E-state index in [1.165, 1.54) is 0 Å². The summed E-state index contributed by atoms with van der Waals surface area (Å²) >= 11 is 5.72. The van der Waals surface area contributed by atoms with Gasteiger partial charge in [0.15, 0.2) is 5.54 Å². The number of hydrogen-bond acceptors (Lipinski definition) is 3. The zero-order valence-corrected chi connectivity index (χ0v) is 8.62. The summed E-state index contributed by atoms with van der Waals surface area (Å²) in [6, 6.07) is 6.90. The van der Waals surface area contributed by atoms with Gasteiger partial charge < -0.3 is 15.2 Å². The van der Waals surface area contributed by atoms with Gasteiger partial charge in [-0.3, -0.25) is 0 Å². The highest BCUT2D eigenvalue weighted by Gasteiger charge is 2.46. The molecule has 0 unspecified atom stereocenters. The fourth-order valence-electron chi connectivity index (χ4n) is 1.36. The third-order valence-corrected chi connectivity index (χ3v) is 2.59. The van der Waals surface area contributed by atoms with Crippen molar-refractivity contribution in [2.45, 2.75) is 5.54 Å². The molecular weight excluding hydrogens is 218 g/mol. The Morgan fingerprint density at radius 1 is 1.40 bits per heavy atom. The van der Waals surface area contributed by atoms with Crippen molar-refractivity contribution in [2.75, 3.05) is 18.5 Å². The van der Waals surface area contributed by atoms with Crippen molar-refractivity contribution in [3.8, 4) is 0 Å². The lowest BCUT2D eigenvalue weighted by Crippen LogP contribution is -2.61. The van der Waals surface area contributed by atoms with E-state index >= 15 is 0 Å². The summed E-state index contributed by atoms with van der Waals surface area (Å²) in [6.45, 7) is 0.371. The van der Waals surface area contributed by atoms with Crippen LogP contribution in [0.2, 0.25) is 5.02 Å². The molecule has 0 bridgehead atoms. The number of benzene rings is 1. The minimum Gasteiger partial charge on any atom is -0.479 e. The first kappa shape index (κ1) is 10.3. The maximum absolute atomic E-state index is 11.0. The lowest BCUT2D eigenvalue weighted by atomic mass is 9.97. The zero-order chi connectivity index (χ0) is 10.9. The number of ether oxygens (including phenoxy) is 1. The number of aliphatic carboxylic acids is 1. The van der Waals surface area contributed by atoms with E-state index in [0.29, 0.717) is 5.02 Å². The van der Waals surface area contributed by atoms with Gasteiger partial charge in [0.25, 0.3) is 0 Å². The summed E-state index contributed by atoms with van der Waals surface area (Å²) in [4.78, 5) is 11.0. The maximum atomic E-state index is 11.0. The van der Waals surface area contributed by atoms with Crippen molar-refractivity contribution in [2.24, 2.45) is 0 Å². The van der Waals surface area contributed by atoms with Crippen molar-refractivity contribution in [1.82, 2.24) is 0 Å². The highest BCUT2D eigenvalue weighted by atomic mass is 35.5. The monoisotopic (exact) mass is 227 g/mol. The van der Waals surface area contributed by atoms with Gasteiger partial charge in [-0.2, -0.15) is 0 Å². The van der Waals surface area contributed by atoms with Crippen LogP contribution in [0.25, 0.3) is 0 Å². The van der Waals surface area contributed by atoms with Crippen LogP contribution in [0.15, 0.2) is 24.3 Å². The molecule has 0 atom stereocenters.